The number of hydrogen-bond acceptors (Lipinski definition) is 4. The number of aryl methyl sites for hydroxylation is 1. The van der Waals surface area contributed by atoms with Crippen LogP contribution in [0.5, 0.6) is 5.75 Å². The SMILES string of the molecule is COc1ccc(Cl)cc1NC(=O)c1cc2cc3ccc(C)cc3nc2s1. The third kappa shape index (κ3) is 3.11. The first-order chi connectivity index (χ1) is 12.5. The Bertz CT molecular complexity index is 1150. The molecule has 0 radical (unpaired) electrons. The summed E-state index contributed by atoms with van der Waals surface area (Å²) in [5.41, 5.74) is 2.63. The number of nitrogens with zero attached hydrogens (tertiary/aromatic N) is 1. The lowest BCUT2D eigenvalue weighted by atomic mass is 10.1. The van der Waals surface area contributed by atoms with Gasteiger partial charge in [0.05, 0.1) is 23.2 Å². The van der Waals surface area contributed by atoms with Gasteiger partial charge in [-0.2, -0.15) is 0 Å². The van der Waals surface area contributed by atoms with Gasteiger partial charge in [-0.3, -0.25) is 4.79 Å². The lowest BCUT2D eigenvalue weighted by molar-refractivity contribution is 0.103. The van der Waals surface area contributed by atoms with Crippen LogP contribution in [0.1, 0.15) is 15.2 Å². The van der Waals surface area contributed by atoms with Crippen molar-refractivity contribution in [3.8, 4) is 5.75 Å². The van der Waals surface area contributed by atoms with E-state index in [2.05, 4.69) is 22.4 Å². The zero-order chi connectivity index (χ0) is 18.3. The van der Waals surface area contributed by atoms with Crippen LogP contribution in [0.25, 0.3) is 21.1 Å². The number of nitrogens with one attached hydrogen (secondary N) is 1. The number of amides is 1. The van der Waals surface area contributed by atoms with Crippen molar-refractivity contribution in [1.29, 1.82) is 0 Å². The van der Waals surface area contributed by atoms with Gasteiger partial charge in [0.25, 0.3) is 5.91 Å². The molecule has 0 bridgehead atoms. The number of fused-ring (bicyclic) bond motifs is 2. The van der Waals surface area contributed by atoms with Crippen molar-refractivity contribution in [2.45, 2.75) is 6.92 Å². The number of ether oxygens (including phenoxy) is 1. The Morgan fingerprint density at radius 1 is 1.12 bits per heavy atom. The number of methoxy groups -OCH3 is 1. The standard InChI is InChI=1S/C20H15ClN2O2S/c1-11-3-4-12-8-13-9-18(26-20(13)23-15(12)7-11)19(24)22-16-10-14(21)5-6-17(16)25-2/h3-10H,1-2H3,(H,22,24). The number of benzene rings is 2. The second-order valence-corrected chi connectivity index (χ2v) is 7.46. The van der Waals surface area contributed by atoms with Crippen LogP contribution in [0.4, 0.5) is 5.69 Å². The van der Waals surface area contributed by atoms with Crippen LogP contribution in [0.3, 0.4) is 0 Å². The molecule has 0 fully saturated rings. The summed E-state index contributed by atoms with van der Waals surface area (Å²) in [4.78, 5) is 18.8. The first-order valence-electron chi connectivity index (χ1n) is 7.99. The molecule has 6 heteroatoms. The summed E-state index contributed by atoms with van der Waals surface area (Å²) in [6.07, 6.45) is 0. The van der Waals surface area contributed by atoms with Crippen molar-refractivity contribution in [1.82, 2.24) is 4.98 Å². The third-order valence-corrected chi connectivity index (χ3v) is 5.37. The number of thiophene rings is 1. The monoisotopic (exact) mass is 382 g/mol. The number of carbonyl (C=O) groups excluding carboxylic acids is 1. The molecular formula is C20H15ClN2O2S. The van der Waals surface area contributed by atoms with Gasteiger partial charge in [-0.1, -0.05) is 23.7 Å². The average Bonchev–Trinajstić information content (AvgIpc) is 3.03. The van der Waals surface area contributed by atoms with Gasteiger partial charge in [-0.05, 0) is 48.9 Å². The van der Waals surface area contributed by atoms with Crippen LogP contribution >= 0.6 is 22.9 Å². The number of carbonyl (C=O) groups is 1. The predicted molar refractivity (Wildman–Crippen MR) is 108 cm³/mol. The highest BCUT2D eigenvalue weighted by atomic mass is 35.5. The maximum absolute atomic E-state index is 12.7. The largest absolute Gasteiger partial charge is 0.495 e. The highest BCUT2D eigenvalue weighted by Crippen LogP contribution is 2.31. The van der Waals surface area contributed by atoms with Gasteiger partial charge in [-0.15, -0.1) is 11.3 Å². The summed E-state index contributed by atoms with van der Waals surface area (Å²) in [6.45, 7) is 2.04. The first-order valence-corrected chi connectivity index (χ1v) is 9.19. The fourth-order valence-electron chi connectivity index (χ4n) is 2.81. The molecule has 0 saturated heterocycles. The molecule has 0 aliphatic carbocycles. The molecule has 0 aliphatic rings. The fraction of sp³-hybridized carbons (Fsp3) is 0.100. The Balaban J connectivity index is 1.71. The molecule has 1 amide bonds. The zero-order valence-electron chi connectivity index (χ0n) is 14.2. The maximum atomic E-state index is 12.7. The Kier molecular flexibility index (Phi) is 4.26. The molecule has 0 atom stereocenters. The van der Waals surface area contributed by atoms with E-state index in [9.17, 15) is 4.79 Å². The molecule has 2 aromatic carbocycles. The highest BCUT2D eigenvalue weighted by molar-refractivity contribution is 7.20. The van der Waals surface area contributed by atoms with E-state index in [0.29, 0.717) is 21.3 Å². The van der Waals surface area contributed by atoms with Crippen molar-refractivity contribution in [2.75, 3.05) is 12.4 Å². The molecule has 0 saturated carbocycles. The van der Waals surface area contributed by atoms with Crippen LogP contribution in [0.15, 0.2) is 48.5 Å². The summed E-state index contributed by atoms with van der Waals surface area (Å²) in [7, 11) is 1.55. The lowest BCUT2D eigenvalue weighted by Gasteiger charge is -2.09. The second kappa shape index (κ2) is 6.59. The van der Waals surface area contributed by atoms with Crippen LogP contribution in [-0.4, -0.2) is 18.0 Å². The smallest absolute Gasteiger partial charge is 0.265 e. The summed E-state index contributed by atoms with van der Waals surface area (Å²) < 4.78 is 5.28. The van der Waals surface area contributed by atoms with Crippen molar-refractivity contribution < 1.29 is 9.53 Å². The van der Waals surface area contributed by atoms with Gasteiger partial charge >= 0.3 is 0 Å². The summed E-state index contributed by atoms with van der Waals surface area (Å²) >= 11 is 7.39. The van der Waals surface area contributed by atoms with Gasteiger partial charge in [0, 0.05) is 15.8 Å². The number of halogens is 1. The van der Waals surface area contributed by atoms with Gasteiger partial charge < -0.3 is 10.1 Å². The quantitative estimate of drug-likeness (QED) is 0.496. The molecular weight excluding hydrogens is 368 g/mol. The van der Waals surface area contributed by atoms with E-state index >= 15 is 0 Å². The molecule has 1 N–H and O–H groups in total. The van der Waals surface area contributed by atoms with E-state index in [1.54, 1.807) is 25.3 Å². The molecule has 0 spiro atoms. The molecule has 26 heavy (non-hydrogen) atoms. The summed E-state index contributed by atoms with van der Waals surface area (Å²) in [5, 5.41) is 5.41. The normalized spacial score (nSPS) is 11.0. The van der Waals surface area contributed by atoms with Gasteiger partial charge in [-0.25, -0.2) is 4.98 Å². The fourth-order valence-corrected chi connectivity index (χ4v) is 3.90. The Labute approximate surface area is 159 Å². The molecule has 4 nitrogen and oxygen atoms in total. The minimum atomic E-state index is -0.214. The van der Waals surface area contributed by atoms with Crippen LogP contribution in [0.2, 0.25) is 5.02 Å². The number of hydrogen-bond donors (Lipinski definition) is 1. The van der Waals surface area contributed by atoms with E-state index < -0.39 is 0 Å². The van der Waals surface area contributed by atoms with E-state index in [0.717, 1.165) is 26.7 Å². The van der Waals surface area contributed by atoms with Crippen LogP contribution < -0.4 is 10.1 Å². The topological polar surface area (TPSA) is 51.2 Å². The van der Waals surface area contributed by atoms with E-state index in [4.69, 9.17) is 16.3 Å². The third-order valence-electron chi connectivity index (χ3n) is 4.09. The molecule has 4 aromatic rings. The number of anilines is 1. The molecule has 2 aromatic heterocycles. The van der Waals surface area contributed by atoms with Gasteiger partial charge in [0.15, 0.2) is 0 Å². The van der Waals surface area contributed by atoms with Crippen LogP contribution in [-0.2, 0) is 0 Å². The highest BCUT2D eigenvalue weighted by Gasteiger charge is 2.14. The molecule has 130 valence electrons. The Hall–Kier alpha value is -2.63. The predicted octanol–water partition coefficient (Wildman–Crippen LogP) is 5.67. The van der Waals surface area contributed by atoms with E-state index in [-0.39, 0.29) is 5.91 Å². The Morgan fingerprint density at radius 2 is 1.96 bits per heavy atom. The van der Waals surface area contributed by atoms with E-state index in [1.165, 1.54) is 11.3 Å². The maximum Gasteiger partial charge on any atom is 0.265 e. The zero-order valence-corrected chi connectivity index (χ0v) is 15.7. The van der Waals surface area contributed by atoms with Crippen molar-refractivity contribution in [3.05, 3.63) is 64.0 Å². The Morgan fingerprint density at radius 3 is 2.77 bits per heavy atom. The first kappa shape index (κ1) is 16.8. The molecule has 2 heterocycles. The molecule has 0 aliphatic heterocycles. The second-order valence-electron chi connectivity index (χ2n) is 5.99. The van der Waals surface area contributed by atoms with Crippen molar-refractivity contribution >= 4 is 55.7 Å². The van der Waals surface area contributed by atoms with Gasteiger partial charge in [0.1, 0.15) is 10.6 Å². The van der Waals surface area contributed by atoms with Crippen LogP contribution in [0, 0.1) is 6.92 Å². The minimum absolute atomic E-state index is 0.214. The number of aromatic nitrogens is 1. The molecule has 4 rings (SSSR count). The van der Waals surface area contributed by atoms with Crippen molar-refractivity contribution in [2.24, 2.45) is 0 Å². The van der Waals surface area contributed by atoms with Gasteiger partial charge in [0.2, 0.25) is 0 Å². The summed E-state index contributed by atoms with van der Waals surface area (Å²) in [6, 6.07) is 15.2. The summed E-state index contributed by atoms with van der Waals surface area (Å²) in [5.74, 6) is 0.344. The average molecular weight is 383 g/mol. The van der Waals surface area contributed by atoms with E-state index in [1.807, 2.05) is 25.1 Å². The minimum Gasteiger partial charge on any atom is -0.495 e. The number of pyridine rings is 1. The number of rotatable bonds is 3. The molecule has 0 unspecified atom stereocenters. The van der Waals surface area contributed by atoms with Crippen molar-refractivity contribution in [3.63, 3.8) is 0 Å². The lowest BCUT2D eigenvalue weighted by Crippen LogP contribution is -2.11.